The number of ether oxygens (including phenoxy) is 1. The molecule has 1 heterocycles. The molecule has 0 aliphatic heterocycles. The quantitative estimate of drug-likeness (QED) is 0.765. The largest absolute Gasteiger partial charge is 0.497 e. The number of aromatic nitrogens is 1. The van der Waals surface area contributed by atoms with Crippen LogP contribution >= 0.6 is 11.6 Å². The fourth-order valence-electron chi connectivity index (χ4n) is 2.47. The number of benzene rings is 2. The summed E-state index contributed by atoms with van der Waals surface area (Å²) in [5.74, 6) is 0.381. The van der Waals surface area contributed by atoms with E-state index < -0.39 is 0 Å². The Morgan fingerprint density at radius 3 is 2.83 bits per heavy atom. The second-order valence-corrected chi connectivity index (χ2v) is 5.71. The van der Waals surface area contributed by atoms with Crippen LogP contribution in [0.4, 0.5) is 0 Å². The molecule has 0 fully saturated rings. The standard InChI is InChI=1S/C18H15ClN2O3/c1-24-13-4-2-3-11(7-13)10-20-18(23)15-9-17(22)21-16-6-5-12(19)8-14(15)16/h2-9H,10H2,1H3,(H,20,23)(H,21,22). The van der Waals surface area contributed by atoms with Crippen LogP contribution in [0.5, 0.6) is 5.75 Å². The van der Waals surface area contributed by atoms with Crippen molar-refractivity contribution in [3.63, 3.8) is 0 Å². The van der Waals surface area contributed by atoms with Gasteiger partial charge in [0.25, 0.3) is 5.91 Å². The molecule has 0 bridgehead atoms. The summed E-state index contributed by atoms with van der Waals surface area (Å²) < 4.78 is 5.16. The van der Waals surface area contributed by atoms with E-state index >= 15 is 0 Å². The van der Waals surface area contributed by atoms with Gasteiger partial charge in [-0.15, -0.1) is 0 Å². The summed E-state index contributed by atoms with van der Waals surface area (Å²) in [7, 11) is 1.59. The van der Waals surface area contributed by atoms with Crippen LogP contribution in [0.2, 0.25) is 5.02 Å². The Morgan fingerprint density at radius 2 is 2.04 bits per heavy atom. The van der Waals surface area contributed by atoms with Crippen LogP contribution in [0.1, 0.15) is 15.9 Å². The van der Waals surface area contributed by atoms with Gasteiger partial charge in [-0.3, -0.25) is 9.59 Å². The summed E-state index contributed by atoms with van der Waals surface area (Å²) in [6, 6.07) is 13.7. The molecule has 122 valence electrons. The molecular formula is C18H15ClN2O3. The van der Waals surface area contributed by atoms with Crippen LogP contribution in [-0.4, -0.2) is 18.0 Å². The average Bonchev–Trinajstić information content (AvgIpc) is 2.59. The molecule has 0 saturated carbocycles. The van der Waals surface area contributed by atoms with E-state index in [0.717, 1.165) is 11.3 Å². The van der Waals surface area contributed by atoms with Crippen molar-refractivity contribution in [2.75, 3.05) is 7.11 Å². The van der Waals surface area contributed by atoms with E-state index in [2.05, 4.69) is 10.3 Å². The molecule has 1 aromatic heterocycles. The maximum atomic E-state index is 12.5. The molecular weight excluding hydrogens is 328 g/mol. The van der Waals surface area contributed by atoms with E-state index in [1.165, 1.54) is 6.07 Å². The Balaban J connectivity index is 1.88. The Kier molecular flexibility index (Phi) is 4.53. The number of carbonyl (C=O) groups is 1. The predicted octanol–water partition coefficient (Wildman–Crippen LogP) is 3.12. The van der Waals surface area contributed by atoms with Crippen LogP contribution < -0.4 is 15.6 Å². The van der Waals surface area contributed by atoms with Crippen molar-refractivity contribution in [2.24, 2.45) is 0 Å². The zero-order valence-electron chi connectivity index (χ0n) is 12.9. The highest BCUT2D eigenvalue weighted by Gasteiger charge is 2.12. The Bertz CT molecular complexity index is 966. The Hall–Kier alpha value is -2.79. The lowest BCUT2D eigenvalue weighted by molar-refractivity contribution is 0.0952. The molecule has 0 atom stereocenters. The van der Waals surface area contributed by atoms with Gasteiger partial charge in [0.2, 0.25) is 5.56 Å². The number of H-pyrrole nitrogens is 1. The molecule has 0 unspecified atom stereocenters. The van der Waals surface area contributed by atoms with Gasteiger partial charge in [-0.1, -0.05) is 23.7 Å². The minimum absolute atomic E-state index is 0.291. The van der Waals surface area contributed by atoms with Gasteiger partial charge in [-0.2, -0.15) is 0 Å². The number of rotatable bonds is 4. The van der Waals surface area contributed by atoms with E-state index in [4.69, 9.17) is 16.3 Å². The first-order valence-corrected chi connectivity index (χ1v) is 7.68. The summed E-state index contributed by atoms with van der Waals surface area (Å²) in [5.41, 5.74) is 1.42. The molecule has 24 heavy (non-hydrogen) atoms. The lowest BCUT2D eigenvalue weighted by Gasteiger charge is -2.09. The van der Waals surface area contributed by atoms with Crippen molar-refractivity contribution >= 4 is 28.4 Å². The molecule has 5 nitrogen and oxygen atoms in total. The van der Waals surface area contributed by atoms with E-state index in [9.17, 15) is 9.59 Å². The van der Waals surface area contributed by atoms with Crippen LogP contribution in [0.15, 0.2) is 53.3 Å². The summed E-state index contributed by atoms with van der Waals surface area (Å²) in [5, 5.41) is 3.91. The zero-order valence-corrected chi connectivity index (χ0v) is 13.7. The maximum absolute atomic E-state index is 12.5. The van der Waals surface area contributed by atoms with Crippen molar-refractivity contribution in [1.82, 2.24) is 10.3 Å². The molecule has 3 aromatic rings. The number of aromatic amines is 1. The number of fused-ring (bicyclic) bond motifs is 1. The molecule has 0 saturated heterocycles. The van der Waals surface area contributed by atoms with Crippen LogP contribution in [0.25, 0.3) is 10.9 Å². The minimum Gasteiger partial charge on any atom is -0.497 e. The molecule has 1 amide bonds. The number of pyridine rings is 1. The average molecular weight is 343 g/mol. The summed E-state index contributed by atoms with van der Waals surface area (Å²) >= 11 is 6.00. The monoisotopic (exact) mass is 342 g/mol. The fraction of sp³-hybridized carbons (Fsp3) is 0.111. The number of methoxy groups -OCH3 is 1. The van der Waals surface area contributed by atoms with Crippen molar-refractivity contribution in [1.29, 1.82) is 0 Å². The molecule has 3 rings (SSSR count). The van der Waals surface area contributed by atoms with Crippen LogP contribution in [0.3, 0.4) is 0 Å². The molecule has 6 heteroatoms. The molecule has 0 spiro atoms. The van der Waals surface area contributed by atoms with E-state index in [1.54, 1.807) is 25.3 Å². The third-order valence-corrected chi connectivity index (χ3v) is 3.87. The molecule has 2 aromatic carbocycles. The predicted molar refractivity (Wildman–Crippen MR) is 93.7 cm³/mol. The number of halogens is 1. The Morgan fingerprint density at radius 1 is 1.21 bits per heavy atom. The van der Waals surface area contributed by atoms with Gasteiger partial charge in [0.15, 0.2) is 0 Å². The number of carbonyl (C=O) groups excluding carboxylic acids is 1. The van der Waals surface area contributed by atoms with Gasteiger partial charge in [0, 0.05) is 28.5 Å². The summed E-state index contributed by atoms with van der Waals surface area (Å²) in [4.78, 5) is 27.0. The first-order chi connectivity index (χ1) is 11.6. The van der Waals surface area contributed by atoms with Gasteiger partial charge < -0.3 is 15.0 Å². The lowest BCUT2D eigenvalue weighted by Crippen LogP contribution is -2.24. The van der Waals surface area contributed by atoms with E-state index in [0.29, 0.717) is 28.0 Å². The topological polar surface area (TPSA) is 71.2 Å². The van der Waals surface area contributed by atoms with Gasteiger partial charge in [-0.05, 0) is 35.9 Å². The first kappa shape index (κ1) is 16.1. The molecule has 0 radical (unpaired) electrons. The third-order valence-electron chi connectivity index (χ3n) is 3.64. The fourth-order valence-corrected chi connectivity index (χ4v) is 2.65. The van der Waals surface area contributed by atoms with Gasteiger partial charge >= 0.3 is 0 Å². The highest BCUT2D eigenvalue weighted by Crippen LogP contribution is 2.20. The van der Waals surface area contributed by atoms with Crippen LogP contribution in [-0.2, 0) is 6.54 Å². The van der Waals surface area contributed by atoms with Crippen molar-refractivity contribution in [3.8, 4) is 5.75 Å². The highest BCUT2D eigenvalue weighted by molar-refractivity contribution is 6.31. The Labute approximate surface area is 143 Å². The number of nitrogens with one attached hydrogen (secondary N) is 2. The van der Waals surface area contributed by atoms with Gasteiger partial charge in [-0.25, -0.2) is 0 Å². The molecule has 2 N–H and O–H groups in total. The molecule has 0 aliphatic carbocycles. The van der Waals surface area contributed by atoms with Crippen molar-refractivity contribution < 1.29 is 9.53 Å². The second-order valence-electron chi connectivity index (χ2n) is 5.27. The van der Waals surface area contributed by atoms with E-state index in [-0.39, 0.29) is 11.5 Å². The summed E-state index contributed by atoms with van der Waals surface area (Å²) in [6.07, 6.45) is 0. The molecule has 0 aliphatic rings. The van der Waals surface area contributed by atoms with Gasteiger partial charge in [0.05, 0.1) is 12.7 Å². The SMILES string of the molecule is COc1cccc(CNC(=O)c2cc(=O)[nH]c3ccc(Cl)cc23)c1. The smallest absolute Gasteiger partial charge is 0.252 e. The number of hydrogen-bond donors (Lipinski definition) is 2. The maximum Gasteiger partial charge on any atom is 0.252 e. The number of amides is 1. The normalized spacial score (nSPS) is 10.6. The highest BCUT2D eigenvalue weighted by atomic mass is 35.5. The van der Waals surface area contributed by atoms with Crippen LogP contribution in [0, 0.1) is 0 Å². The minimum atomic E-state index is -0.337. The lowest BCUT2D eigenvalue weighted by atomic mass is 10.1. The second kappa shape index (κ2) is 6.76. The van der Waals surface area contributed by atoms with Crippen molar-refractivity contribution in [3.05, 3.63) is 75.0 Å². The van der Waals surface area contributed by atoms with Crippen molar-refractivity contribution in [2.45, 2.75) is 6.54 Å². The summed E-state index contributed by atoms with van der Waals surface area (Å²) in [6.45, 7) is 0.324. The van der Waals surface area contributed by atoms with E-state index in [1.807, 2.05) is 24.3 Å². The number of hydrogen-bond acceptors (Lipinski definition) is 3. The van der Waals surface area contributed by atoms with Gasteiger partial charge in [0.1, 0.15) is 5.75 Å². The third kappa shape index (κ3) is 3.41. The zero-order chi connectivity index (χ0) is 17.1. The first-order valence-electron chi connectivity index (χ1n) is 7.30.